The van der Waals surface area contributed by atoms with E-state index in [0.717, 1.165) is 0 Å². The van der Waals surface area contributed by atoms with Gasteiger partial charge in [0.25, 0.3) is 28.3 Å². The molecular weight excluding hydrogens is 222 g/mol. The molecule has 0 N–H and O–H groups in total. The van der Waals surface area contributed by atoms with Gasteiger partial charge in [-0.2, -0.15) is 0 Å². The molecule has 0 saturated heterocycles. The van der Waals surface area contributed by atoms with Crippen LogP contribution in [0, 0.1) is 0 Å². The van der Waals surface area contributed by atoms with E-state index in [2.05, 4.69) is 34.6 Å². The first kappa shape index (κ1) is 17.1. The molecule has 0 aliphatic rings. The minimum Gasteiger partial charge on any atom is -0.123 e. The van der Waals surface area contributed by atoms with Gasteiger partial charge in [0, 0.05) is 0 Å². The molecule has 0 spiro atoms. The zero-order valence-electron chi connectivity index (χ0n) is 12.4. The summed E-state index contributed by atoms with van der Waals surface area (Å²) in [4.78, 5) is 0. The lowest BCUT2D eigenvalue weighted by Gasteiger charge is -2.26. The van der Waals surface area contributed by atoms with Gasteiger partial charge in [-0.25, -0.2) is 0 Å². The van der Waals surface area contributed by atoms with Crippen molar-refractivity contribution < 1.29 is 0 Å². The smallest absolute Gasteiger partial charge is 0.123 e. The van der Waals surface area contributed by atoms with E-state index in [4.69, 9.17) is 0 Å². The number of rotatable bonds is 10. The maximum absolute atomic E-state index is 2.46. The van der Waals surface area contributed by atoms with Crippen molar-refractivity contribution in [1.82, 2.24) is 0 Å². The van der Waals surface area contributed by atoms with Gasteiger partial charge in [-0.15, -0.1) is 3.64 Å². The first-order valence-electron chi connectivity index (χ1n) is 7.74. The Morgan fingerprint density at radius 3 is 1.44 bits per heavy atom. The summed E-state index contributed by atoms with van der Waals surface area (Å²) in [6.07, 6.45) is 5.99. The van der Waals surface area contributed by atoms with Crippen molar-refractivity contribution in [1.29, 1.82) is 0 Å². The SMILES string of the molecule is CCCCC[CH]([Al]([CH2]C)[CH2]C)[Al]([CH2]C)[CH2]C. The summed E-state index contributed by atoms with van der Waals surface area (Å²) in [5, 5.41) is 6.21. The Morgan fingerprint density at radius 2 is 1.12 bits per heavy atom. The molecule has 0 aromatic rings. The molecule has 0 aliphatic heterocycles. The van der Waals surface area contributed by atoms with Crippen LogP contribution in [0.15, 0.2) is 0 Å². The zero-order valence-corrected chi connectivity index (χ0v) is 14.7. The van der Waals surface area contributed by atoms with E-state index < -0.39 is 0 Å². The molecule has 0 aromatic carbocycles. The minimum absolute atomic E-state index is 0.381. The fourth-order valence-electron chi connectivity index (χ4n) is 3.27. The molecule has 0 heterocycles. The predicted molar refractivity (Wildman–Crippen MR) is 81.3 cm³/mol. The van der Waals surface area contributed by atoms with Gasteiger partial charge in [-0.3, -0.25) is 0 Å². The Morgan fingerprint density at radius 1 is 0.688 bits per heavy atom. The molecule has 0 nitrogen and oxygen atoms in total. The van der Waals surface area contributed by atoms with Crippen molar-refractivity contribution in [2.45, 2.75) is 85.1 Å². The highest BCUT2D eigenvalue weighted by Gasteiger charge is 2.32. The second-order valence-electron chi connectivity index (χ2n) is 5.31. The number of hydrogen-bond donors (Lipinski definition) is 0. The molecule has 0 aliphatic carbocycles. The fraction of sp³-hybridized carbons (Fsp3) is 1.00. The highest BCUT2D eigenvalue weighted by molar-refractivity contribution is 6.79. The average Bonchev–Trinajstić information content (AvgIpc) is 2.31. The van der Waals surface area contributed by atoms with Gasteiger partial charge < -0.3 is 0 Å². The molecule has 2 heteroatoms. The Hall–Kier alpha value is 1.06. The summed E-state index contributed by atoms with van der Waals surface area (Å²) >= 11 is -0.762. The molecule has 0 rings (SSSR count). The molecule has 0 saturated carbocycles. The van der Waals surface area contributed by atoms with Crippen LogP contribution >= 0.6 is 0 Å². The molecule has 0 bridgehead atoms. The van der Waals surface area contributed by atoms with Crippen LogP contribution in [0.3, 0.4) is 0 Å². The van der Waals surface area contributed by atoms with Crippen LogP contribution in [0.4, 0.5) is 0 Å². The normalized spacial score (nSPS) is 10.9. The molecule has 16 heavy (non-hydrogen) atoms. The topological polar surface area (TPSA) is 0 Å². The van der Waals surface area contributed by atoms with Gasteiger partial charge in [0.05, 0.1) is 0 Å². The second-order valence-corrected chi connectivity index (χ2v) is 14.1. The largest absolute Gasteiger partial charge is 0.250 e. The van der Waals surface area contributed by atoms with Crippen molar-refractivity contribution in [3.05, 3.63) is 0 Å². The van der Waals surface area contributed by atoms with E-state index in [9.17, 15) is 0 Å². The summed E-state index contributed by atoms with van der Waals surface area (Å²) in [7, 11) is 0. The standard InChI is InChI=1S/C6H12.4C2H5.2Al/c1-3-5-6-4-2;4*1-2;;/h1H,3-6H2,2H3;4*1H2,2H3;;. The molecular formula is C14H32Al2. The van der Waals surface area contributed by atoms with Crippen LogP contribution in [-0.4, -0.2) is 28.3 Å². The lowest BCUT2D eigenvalue weighted by Crippen LogP contribution is -2.31. The Kier molecular flexibility index (Phi) is 11.9. The lowest BCUT2D eigenvalue weighted by atomic mass is 10.2. The van der Waals surface area contributed by atoms with Crippen LogP contribution in [-0.2, 0) is 0 Å². The Bertz CT molecular complexity index is 128. The van der Waals surface area contributed by atoms with Crippen molar-refractivity contribution in [3.63, 3.8) is 0 Å². The highest BCUT2D eigenvalue weighted by Crippen LogP contribution is 2.30. The third-order valence-corrected chi connectivity index (χ3v) is 15.0. The summed E-state index contributed by atoms with van der Waals surface area (Å²) in [6.45, 7) is 12.2. The van der Waals surface area contributed by atoms with E-state index in [-0.39, 0.29) is 28.3 Å². The third-order valence-electron chi connectivity index (χ3n) is 4.45. The summed E-state index contributed by atoms with van der Waals surface area (Å²) in [6, 6.07) is 0. The van der Waals surface area contributed by atoms with Crippen LogP contribution in [0.25, 0.3) is 0 Å². The first-order chi connectivity index (χ1) is 7.74. The quantitative estimate of drug-likeness (QED) is 0.354. The highest BCUT2D eigenvalue weighted by atomic mass is 27.2. The number of unbranched alkanes of at least 4 members (excludes halogenated alkanes) is 2. The van der Waals surface area contributed by atoms with Crippen molar-refractivity contribution in [2.24, 2.45) is 0 Å². The Balaban J connectivity index is 4.34. The zero-order chi connectivity index (χ0) is 12.4. The molecule has 0 radical (unpaired) electrons. The van der Waals surface area contributed by atoms with Gasteiger partial charge in [0.2, 0.25) is 0 Å². The van der Waals surface area contributed by atoms with E-state index in [1.54, 1.807) is 27.6 Å². The van der Waals surface area contributed by atoms with E-state index in [1.165, 1.54) is 22.9 Å². The maximum Gasteiger partial charge on any atom is 0.250 e. The van der Waals surface area contributed by atoms with E-state index >= 15 is 0 Å². The molecule has 0 atom stereocenters. The maximum atomic E-state index is 2.46. The predicted octanol–water partition coefficient (Wildman–Crippen LogP) is 5.55. The molecule has 0 unspecified atom stereocenters. The summed E-state index contributed by atoms with van der Waals surface area (Å²) in [5.74, 6) is 0. The number of hydrogen-bond acceptors (Lipinski definition) is 0. The third kappa shape index (κ3) is 6.12. The summed E-state index contributed by atoms with van der Waals surface area (Å²) < 4.78 is 1.27. The van der Waals surface area contributed by atoms with Crippen molar-refractivity contribution >= 4 is 28.3 Å². The van der Waals surface area contributed by atoms with Crippen molar-refractivity contribution in [3.8, 4) is 0 Å². The average molecular weight is 254 g/mol. The molecule has 0 aromatic heterocycles. The monoisotopic (exact) mass is 254 g/mol. The van der Waals surface area contributed by atoms with Gasteiger partial charge in [0.15, 0.2) is 0 Å². The van der Waals surface area contributed by atoms with E-state index in [0.29, 0.717) is 0 Å². The molecule has 0 fully saturated rings. The van der Waals surface area contributed by atoms with Crippen LogP contribution in [0.5, 0.6) is 0 Å². The first-order valence-corrected chi connectivity index (χ1v) is 12.3. The van der Waals surface area contributed by atoms with Gasteiger partial charge in [-0.1, -0.05) is 81.4 Å². The summed E-state index contributed by atoms with van der Waals surface area (Å²) in [5.41, 5.74) is 0. The van der Waals surface area contributed by atoms with Gasteiger partial charge in [0.1, 0.15) is 0 Å². The lowest BCUT2D eigenvalue weighted by molar-refractivity contribution is 0.677. The van der Waals surface area contributed by atoms with Crippen LogP contribution in [0.2, 0.25) is 24.8 Å². The minimum atomic E-state index is -0.381. The van der Waals surface area contributed by atoms with Crippen LogP contribution in [0.1, 0.15) is 60.3 Å². The molecule has 0 amide bonds. The fourth-order valence-corrected chi connectivity index (χ4v) is 14.6. The van der Waals surface area contributed by atoms with Gasteiger partial charge >= 0.3 is 0 Å². The van der Waals surface area contributed by atoms with Crippen LogP contribution < -0.4 is 0 Å². The van der Waals surface area contributed by atoms with E-state index in [1.807, 2.05) is 0 Å². The molecule has 94 valence electrons. The van der Waals surface area contributed by atoms with Crippen molar-refractivity contribution in [2.75, 3.05) is 0 Å². The Labute approximate surface area is 113 Å². The van der Waals surface area contributed by atoms with Gasteiger partial charge in [-0.05, 0) is 0 Å². The second kappa shape index (κ2) is 11.2.